The molecule has 15 amide bonds. The third-order valence-electron chi connectivity index (χ3n) is 24.1. The van der Waals surface area contributed by atoms with Gasteiger partial charge < -0.3 is 103 Å². The van der Waals surface area contributed by atoms with Crippen LogP contribution in [0, 0.1) is 17.6 Å². The van der Waals surface area contributed by atoms with Crippen molar-refractivity contribution in [3.63, 3.8) is 0 Å². The van der Waals surface area contributed by atoms with Gasteiger partial charge in [-0.05, 0) is 113 Å². The van der Waals surface area contributed by atoms with E-state index in [0.717, 1.165) is 25.7 Å². The molecule has 37 nitrogen and oxygen atoms in total. The summed E-state index contributed by atoms with van der Waals surface area (Å²) in [5.41, 5.74) is 8.51. The average Bonchev–Trinajstić information content (AvgIpc) is 1.60. The molecule has 12 atom stereocenters. The zero-order valence-electron chi connectivity index (χ0n) is 76.4. The molecular formula is C96H116F2N16O21S. The number of primary amides is 1. The first kappa shape index (κ1) is 104. The van der Waals surface area contributed by atoms with Gasteiger partial charge in [-0.25, -0.2) is 8.78 Å². The number of unbranched alkanes of at least 4 members (excludes halogenated alkanes) is 1. The molecule has 2 aliphatic heterocycles. The fourth-order valence-electron chi connectivity index (χ4n) is 16.6. The lowest BCUT2D eigenvalue weighted by Crippen LogP contribution is -2.62. The van der Waals surface area contributed by atoms with E-state index < -0.39 is 241 Å². The van der Waals surface area contributed by atoms with Gasteiger partial charge in [-0.3, -0.25) is 81.5 Å². The molecular weight excluding hydrogens is 1780 g/mol. The Balaban J connectivity index is 1.06. The minimum atomic E-state index is -2.14. The van der Waals surface area contributed by atoms with Crippen molar-refractivity contribution < 1.29 is 111 Å². The van der Waals surface area contributed by atoms with Gasteiger partial charge in [-0.2, -0.15) is 0 Å². The monoisotopic (exact) mass is 1900 g/mol. The summed E-state index contributed by atoms with van der Waals surface area (Å²) < 4.78 is 30.6. The van der Waals surface area contributed by atoms with E-state index in [-0.39, 0.29) is 99.1 Å². The zero-order valence-corrected chi connectivity index (χ0v) is 77.2. The van der Waals surface area contributed by atoms with Crippen LogP contribution < -0.4 is 53.6 Å². The number of carboxylic acid groups (broad SMARTS) is 2. The highest BCUT2D eigenvalue weighted by molar-refractivity contribution is 8.00. The highest BCUT2D eigenvalue weighted by atomic mass is 32.2. The number of nitrogens with one attached hydrogen (secondary N) is 10. The Kier molecular flexibility index (Phi) is 37.0. The average molecular weight is 1900 g/mol. The summed E-state index contributed by atoms with van der Waals surface area (Å²) in [5, 5.41) is 65.2. The van der Waals surface area contributed by atoms with E-state index in [1.165, 1.54) is 74.6 Å². The number of benzene rings is 6. The number of thioether (sulfide) groups is 1. The molecule has 1 aliphatic carbocycles. The smallest absolute Gasteiger partial charge is 0.305 e. The molecule has 6 aromatic carbocycles. The lowest BCUT2D eigenvalue weighted by molar-refractivity contribution is -0.152. The van der Waals surface area contributed by atoms with Crippen LogP contribution in [-0.4, -0.2) is 282 Å². The van der Waals surface area contributed by atoms with E-state index in [1.807, 2.05) is 6.92 Å². The maximum absolute atomic E-state index is 15.7. The Labute approximate surface area is 787 Å². The number of nitrogens with zero attached hydrogens (tertiary/aromatic N) is 5. The van der Waals surface area contributed by atoms with Crippen molar-refractivity contribution >= 4 is 123 Å². The predicted octanol–water partition coefficient (Wildman–Crippen LogP) is 2.25. The number of phenols is 2. The van der Waals surface area contributed by atoms with Gasteiger partial charge in [0.15, 0.2) is 11.6 Å². The normalized spacial score (nSPS) is 22.5. The van der Waals surface area contributed by atoms with Gasteiger partial charge in [0.1, 0.15) is 84.0 Å². The summed E-state index contributed by atoms with van der Waals surface area (Å²) in [5.74, 6) is -23.6. The number of aromatic hydroxyl groups is 2. The molecule has 1 aromatic heterocycles. The Bertz CT molecular complexity index is 5540. The molecule has 0 saturated carbocycles. The summed E-state index contributed by atoms with van der Waals surface area (Å²) in [7, 11) is 3.82. The number of para-hydroxylation sites is 1. The van der Waals surface area contributed by atoms with Gasteiger partial charge in [-0.1, -0.05) is 144 Å². The minimum absolute atomic E-state index is 0.00549. The van der Waals surface area contributed by atoms with E-state index in [9.17, 15) is 58.8 Å². The standard InChI is InChI=1S/C96H116F2N16O21S/c1-8-10-26-75-95(134)113(36-9-2)50-79(118)102-69(46-81(120)121)89(128)109-84(53(3)4)96(135)111(6)76(40-54-20-13-11-14-21-54)91(130)107-71(39-57-30-34-61(116)35-31-57)93(132)114-37-19-27-74(114)90(129)106-68(44-59-48-100-66-25-18-17-24-62(59)66)87(126)104-67(38-56-28-32-60(115)33-29-56)86(125)105-70(47-82(122)123)88(127)108-73(85(124)101-49-78(99)117)51-136-52-80(119)103-72(43-58-42-65(97)83(98)64-45-63(58)64)92(131)112(7)77(94(133)110(75)5)41-55-22-15-12-16-23-55/h11-18,20-25,28-35,42,48,53,67-77,84,100,115-116H,8-10,19,26-27,36-41,43-47,49-52H2,1-7H3,(H2,99,117)(H,101,124)(H,102,118)(H,103,119)(H,104,126)(H,105,125)(H,106,129)(H,107,130)(H,108,127)(H,109,128)(H,120,121)(H,122,123)/t67-,68-,69-,70-,71-,72-,73-,74+,75-,76-,77?,84-/m0/s1. The van der Waals surface area contributed by atoms with Gasteiger partial charge in [0, 0.05) is 102 Å². The van der Waals surface area contributed by atoms with Gasteiger partial charge in [-0.15, -0.1) is 11.8 Å². The lowest BCUT2D eigenvalue weighted by Gasteiger charge is -2.37. The van der Waals surface area contributed by atoms with Crippen molar-refractivity contribution in [2.45, 2.75) is 197 Å². The fraction of sp³-hybridized carbons (Fsp3) is 0.427. The lowest BCUT2D eigenvalue weighted by atomic mass is 9.98. The Morgan fingerprint density at radius 1 is 0.515 bits per heavy atom. The topological polar surface area (TPSA) is 537 Å². The second kappa shape index (κ2) is 48.5. The highest BCUT2D eigenvalue weighted by Gasteiger charge is 2.45. The maximum Gasteiger partial charge on any atom is 0.305 e. The van der Waals surface area contributed by atoms with E-state index in [1.54, 1.807) is 112 Å². The molecule has 726 valence electrons. The van der Waals surface area contributed by atoms with Crippen molar-refractivity contribution in [1.29, 1.82) is 0 Å². The van der Waals surface area contributed by atoms with Crippen LogP contribution in [-0.2, 0) is 126 Å². The van der Waals surface area contributed by atoms with Crippen LogP contribution in [0.2, 0.25) is 0 Å². The van der Waals surface area contributed by atoms with Crippen LogP contribution in [0.1, 0.15) is 124 Å². The number of hydrogen-bond donors (Lipinski definition) is 15. The number of amides is 15. The largest absolute Gasteiger partial charge is 0.508 e. The third-order valence-corrected chi connectivity index (χ3v) is 25.1. The first-order valence-corrected chi connectivity index (χ1v) is 46.0. The van der Waals surface area contributed by atoms with Gasteiger partial charge in [0.25, 0.3) is 0 Å². The Morgan fingerprint density at radius 2 is 1.02 bits per heavy atom. The maximum atomic E-state index is 15.7. The number of hydrogen-bond acceptors (Lipinski definition) is 20. The first-order valence-electron chi connectivity index (χ1n) is 44.9. The van der Waals surface area contributed by atoms with Crippen molar-refractivity contribution in [2.75, 3.05) is 58.8 Å². The van der Waals surface area contributed by atoms with Crippen LogP contribution in [0.5, 0.6) is 11.5 Å². The second-order valence-corrected chi connectivity index (χ2v) is 35.5. The molecule has 0 bridgehead atoms. The summed E-state index contributed by atoms with van der Waals surface area (Å²) in [6.45, 7) is 4.64. The number of rotatable bonds is 25. The minimum Gasteiger partial charge on any atom is -0.508 e. The molecule has 2 fully saturated rings. The van der Waals surface area contributed by atoms with E-state index >= 15 is 51.9 Å². The van der Waals surface area contributed by atoms with Crippen molar-refractivity contribution in [3.8, 4) is 11.5 Å². The predicted molar refractivity (Wildman–Crippen MR) is 494 cm³/mol. The van der Waals surface area contributed by atoms with Crippen molar-refractivity contribution in [3.05, 3.63) is 202 Å². The van der Waals surface area contributed by atoms with E-state index in [4.69, 9.17) is 5.73 Å². The number of carbonyl (C=O) groups is 17. The molecule has 40 heteroatoms. The number of aromatic amines is 1. The number of aromatic nitrogens is 1. The molecule has 16 N–H and O–H groups in total. The third kappa shape index (κ3) is 28.4. The Hall–Kier alpha value is -14.3. The zero-order chi connectivity index (χ0) is 98.9. The van der Waals surface area contributed by atoms with Gasteiger partial charge >= 0.3 is 11.9 Å². The van der Waals surface area contributed by atoms with E-state index in [2.05, 4.69) is 52.8 Å². The van der Waals surface area contributed by atoms with Crippen molar-refractivity contribution in [1.82, 2.24) is 77.3 Å². The fourth-order valence-corrected chi connectivity index (χ4v) is 17.5. The second-order valence-electron chi connectivity index (χ2n) is 34.5. The molecule has 7 aromatic rings. The molecule has 10 rings (SSSR count). The summed E-state index contributed by atoms with van der Waals surface area (Å²) in [6, 6.07) is 15.1. The van der Waals surface area contributed by atoms with E-state index in [0.29, 0.717) is 63.3 Å². The van der Waals surface area contributed by atoms with Crippen LogP contribution in [0.25, 0.3) is 10.9 Å². The molecule has 0 radical (unpaired) electrons. The number of halogens is 2. The number of aliphatic carboxylic acids is 2. The molecule has 2 saturated heterocycles. The van der Waals surface area contributed by atoms with Crippen LogP contribution >= 0.6 is 11.8 Å². The molecule has 3 heterocycles. The number of fused-ring (bicyclic) bond motifs is 3. The van der Waals surface area contributed by atoms with Crippen LogP contribution in [0.15, 0.2) is 146 Å². The number of nitrogens with two attached hydrogens (primary N) is 1. The Morgan fingerprint density at radius 3 is 1.62 bits per heavy atom. The van der Waals surface area contributed by atoms with Crippen LogP contribution in [0.4, 0.5) is 8.78 Å². The summed E-state index contributed by atoms with van der Waals surface area (Å²) in [4.78, 5) is 259. The summed E-state index contributed by atoms with van der Waals surface area (Å²) in [6.07, 6.45) is -1.84. The number of likely N-dealkylation sites (N-methyl/N-ethyl adjacent to an activating group) is 3. The molecule has 136 heavy (non-hydrogen) atoms. The van der Waals surface area contributed by atoms with Gasteiger partial charge in [0.2, 0.25) is 88.6 Å². The highest BCUT2D eigenvalue weighted by Crippen LogP contribution is 2.37. The summed E-state index contributed by atoms with van der Waals surface area (Å²) >= 11 is 0.629. The number of H-pyrrole nitrogens is 1. The van der Waals surface area contributed by atoms with Crippen LogP contribution in [0.3, 0.4) is 0 Å². The number of carboxylic acids is 2. The van der Waals surface area contributed by atoms with Crippen molar-refractivity contribution in [2.24, 2.45) is 11.7 Å². The van der Waals surface area contributed by atoms with Gasteiger partial charge in [0.05, 0.1) is 31.7 Å². The molecule has 3 aliphatic rings. The molecule has 1 unspecified atom stereocenters. The number of phenolic OH excluding ortho intramolecular Hbond substituents is 2. The number of carbonyl (C=O) groups excluding carboxylic acids is 15. The SMILES string of the molecule is CCCC[C@H]1C(=O)N(CCC)CC(=O)N[C@@H](CC(=O)O)C(=O)N[C@@H](C(C)C)C(=O)N(C)[C@@H](Cc2ccccc2)C(=O)N[C@@H](Cc2ccc(O)cc2)C(=O)N2CCC[C@@H]2C(=O)N[C@@H](Cc2c[nH]c3ccccc23)C(=O)N[C@@H](Cc2ccc(O)cc2)C(=O)N[C@@H](CC(=O)O)C(=O)N[C@H](C(=O)NCC(N)=O)CSCC(=O)N[C@@H](Cc2cc(F)c(F)c3c2C3)C(=O)N(C)C(Cc2ccccc2)C(=O)N1C. The first-order chi connectivity index (χ1) is 64.8. The molecule has 0 spiro atoms. The quantitative estimate of drug-likeness (QED) is 0.0390.